The average Bonchev–Trinajstić information content (AvgIpc) is 3.07. The minimum atomic E-state index is -0.140. The van der Waals surface area contributed by atoms with Crippen LogP contribution < -0.4 is 5.32 Å². The molecule has 2 heterocycles. The maximum absolute atomic E-state index is 11.9. The van der Waals surface area contributed by atoms with Crippen molar-refractivity contribution in [3.8, 4) is 0 Å². The van der Waals surface area contributed by atoms with Crippen LogP contribution in [0.4, 0.5) is 0 Å². The molecule has 2 N–H and O–H groups in total. The number of amides is 1. The molecule has 3 aromatic rings. The van der Waals surface area contributed by atoms with Crippen molar-refractivity contribution in [2.45, 2.75) is 19.9 Å². The molecule has 1 aromatic carbocycles. The van der Waals surface area contributed by atoms with Gasteiger partial charge in [0.25, 0.3) is 5.91 Å². The third kappa shape index (κ3) is 2.99. The second kappa shape index (κ2) is 6.23. The number of H-pyrrole nitrogens is 1. The van der Waals surface area contributed by atoms with E-state index in [1.54, 1.807) is 12.3 Å². The molecule has 0 aliphatic rings. The number of para-hydroxylation sites is 2. The average molecular weight is 317 g/mol. The first kappa shape index (κ1) is 14.7. The maximum atomic E-state index is 11.9. The maximum Gasteiger partial charge on any atom is 0.267 e. The Morgan fingerprint density at radius 2 is 2.23 bits per heavy atom. The Labute approximate surface area is 133 Å². The van der Waals surface area contributed by atoms with Gasteiger partial charge in [-0.1, -0.05) is 23.7 Å². The van der Waals surface area contributed by atoms with Gasteiger partial charge in [-0.05, 0) is 31.5 Å². The normalized spacial score (nSPS) is 11.0. The summed E-state index contributed by atoms with van der Waals surface area (Å²) in [7, 11) is 0. The molecule has 2 aromatic heterocycles. The molecule has 0 saturated heterocycles. The first-order valence-electron chi connectivity index (χ1n) is 7.19. The lowest BCUT2D eigenvalue weighted by Gasteiger charge is -2.07. The fourth-order valence-corrected chi connectivity index (χ4v) is 2.68. The molecule has 1 amide bonds. The lowest BCUT2D eigenvalue weighted by atomic mass is 10.3. The van der Waals surface area contributed by atoms with Gasteiger partial charge in [0.15, 0.2) is 0 Å². The van der Waals surface area contributed by atoms with E-state index in [0.29, 0.717) is 17.3 Å². The molecule has 114 valence electrons. The van der Waals surface area contributed by atoms with Crippen molar-refractivity contribution in [1.82, 2.24) is 19.9 Å². The number of nitrogens with one attached hydrogen (secondary N) is 2. The second-order valence-electron chi connectivity index (χ2n) is 5.14. The van der Waals surface area contributed by atoms with Gasteiger partial charge in [0.05, 0.1) is 16.1 Å². The SMILES string of the molecule is Cc1nc2ccccc2n1CCCNC(=O)c1cc(Cl)c[nH]1. The molecule has 0 aliphatic carbocycles. The first-order valence-corrected chi connectivity index (χ1v) is 7.57. The summed E-state index contributed by atoms with van der Waals surface area (Å²) in [4.78, 5) is 19.2. The summed E-state index contributed by atoms with van der Waals surface area (Å²) in [5.41, 5.74) is 2.61. The van der Waals surface area contributed by atoms with Crippen LogP contribution in [0.5, 0.6) is 0 Å². The van der Waals surface area contributed by atoms with Gasteiger partial charge < -0.3 is 14.9 Å². The summed E-state index contributed by atoms with van der Waals surface area (Å²) in [6.45, 7) is 3.42. The van der Waals surface area contributed by atoms with Crippen LogP contribution in [0.3, 0.4) is 0 Å². The first-order chi connectivity index (χ1) is 10.6. The Morgan fingerprint density at radius 3 is 3.00 bits per heavy atom. The van der Waals surface area contributed by atoms with E-state index < -0.39 is 0 Å². The second-order valence-corrected chi connectivity index (χ2v) is 5.58. The highest BCUT2D eigenvalue weighted by molar-refractivity contribution is 6.30. The van der Waals surface area contributed by atoms with E-state index in [2.05, 4.69) is 25.9 Å². The fourth-order valence-electron chi connectivity index (χ4n) is 2.51. The molecular formula is C16H17ClN4O. The summed E-state index contributed by atoms with van der Waals surface area (Å²) >= 11 is 5.78. The molecule has 6 heteroatoms. The van der Waals surface area contributed by atoms with Gasteiger partial charge in [-0.15, -0.1) is 0 Å². The minimum absolute atomic E-state index is 0.140. The minimum Gasteiger partial charge on any atom is -0.356 e. The lowest BCUT2D eigenvalue weighted by molar-refractivity contribution is 0.0948. The molecule has 0 aliphatic heterocycles. The number of hydrogen-bond acceptors (Lipinski definition) is 2. The van der Waals surface area contributed by atoms with Gasteiger partial charge in [-0.25, -0.2) is 4.98 Å². The molecule has 0 unspecified atom stereocenters. The Kier molecular flexibility index (Phi) is 4.15. The quantitative estimate of drug-likeness (QED) is 0.710. The zero-order valence-corrected chi connectivity index (χ0v) is 13.0. The van der Waals surface area contributed by atoms with Crippen molar-refractivity contribution in [2.24, 2.45) is 0 Å². The highest BCUT2D eigenvalue weighted by Gasteiger charge is 2.08. The molecule has 5 nitrogen and oxygen atoms in total. The van der Waals surface area contributed by atoms with E-state index in [1.807, 2.05) is 25.1 Å². The number of nitrogens with zero attached hydrogens (tertiary/aromatic N) is 2. The Balaban J connectivity index is 1.56. The topological polar surface area (TPSA) is 62.7 Å². The van der Waals surface area contributed by atoms with Crippen molar-refractivity contribution in [2.75, 3.05) is 6.54 Å². The zero-order chi connectivity index (χ0) is 15.5. The summed E-state index contributed by atoms with van der Waals surface area (Å²) < 4.78 is 2.17. The van der Waals surface area contributed by atoms with Gasteiger partial charge in [-0.2, -0.15) is 0 Å². The Bertz CT molecular complexity index is 805. The molecule has 3 rings (SSSR count). The summed E-state index contributed by atoms with van der Waals surface area (Å²) in [6, 6.07) is 9.69. The van der Waals surface area contributed by atoms with Crippen LogP contribution in [0.1, 0.15) is 22.7 Å². The van der Waals surface area contributed by atoms with E-state index in [0.717, 1.165) is 29.8 Å². The molecule has 0 atom stereocenters. The number of carbonyl (C=O) groups is 1. The number of carbonyl (C=O) groups excluding carboxylic acids is 1. The number of aryl methyl sites for hydroxylation is 2. The van der Waals surface area contributed by atoms with Crippen LogP contribution in [0.25, 0.3) is 11.0 Å². The summed E-state index contributed by atoms with van der Waals surface area (Å²) in [5, 5.41) is 3.41. The van der Waals surface area contributed by atoms with Crippen LogP contribution in [-0.4, -0.2) is 27.0 Å². The van der Waals surface area contributed by atoms with E-state index >= 15 is 0 Å². The summed E-state index contributed by atoms with van der Waals surface area (Å²) in [5.74, 6) is 0.850. The van der Waals surface area contributed by atoms with Gasteiger partial charge >= 0.3 is 0 Å². The van der Waals surface area contributed by atoms with Crippen molar-refractivity contribution in [1.29, 1.82) is 0 Å². The third-order valence-corrected chi connectivity index (χ3v) is 3.80. The van der Waals surface area contributed by atoms with Crippen LogP contribution in [-0.2, 0) is 6.54 Å². The third-order valence-electron chi connectivity index (χ3n) is 3.58. The number of aromatic amines is 1. The smallest absolute Gasteiger partial charge is 0.267 e. The Morgan fingerprint density at radius 1 is 1.41 bits per heavy atom. The zero-order valence-electron chi connectivity index (χ0n) is 12.3. The molecule has 0 saturated carbocycles. The highest BCUT2D eigenvalue weighted by Crippen LogP contribution is 2.15. The predicted molar refractivity (Wildman–Crippen MR) is 87.2 cm³/mol. The van der Waals surface area contributed by atoms with E-state index in [-0.39, 0.29) is 5.91 Å². The van der Waals surface area contributed by atoms with Crippen LogP contribution in [0.15, 0.2) is 36.5 Å². The predicted octanol–water partition coefficient (Wildman–Crippen LogP) is 3.15. The molecule has 22 heavy (non-hydrogen) atoms. The molecular weight excluding hydrogens is 300 g/mol. The van der Waals surface area contributed by atoms with E-state index in [1.165, 1.54) is 0 Å². The standard InChI is InChI=1S/C16H17ClN4O/c1-11-20-13-5-2-3-6-15(13)21(11)8-4-7-18-16(22)14-9-12(17)10-19-14/h2-3,5-6,9-10,19H,4,7-8H2,1H3,(H,18,22). The lowest BCUT2D eigenvalue weighted by Crippen LogP contribution is -2.25. The van der Waals surface area contributed by atoms with Gasteiger partial charge in [-0.3, -0.25) is 4.79 Å². The monoisotopic (exact) mass is 316 g/mol. The number of benzene rings is 1. The van der Waals surface area contributed by atoms with E-state index in [4.69, 9.17) is 11.6 Å². The largest absolute Gasteiger partial charge is 0.356 e. The molecule has 0 radical (unpaired) electrons. The number of halogens is 1. The van der Waals surface area contributed by atoms with Gasteiger partial charge in [0, 0.05) is 19.3 Å². The summed E-state index contributed by atoms with van der Waals surface area (Å²) in [6.07, 6.45) is 2.43. The van der Waals surface area contributed by atoms with Gasteiger partial charge in [0.2, 0.25) is 0 Å². The van der Waals surface area contributed by atoms with Crippen LogP contribution >= 0.6 is 11.6 Å². The van der Waals surface area contributed by atoms with Crippen LogP contribution in [0.2, 0.25) is 5.02 Å². The van der Waals surface area contributed by atoms with Crippen molar-refractivity contribution in [3.05, 3.63) is 53.1 Å². The number of rotatable bonds is 5. The van der Waals surface area contributed by atoms with Gasteiger partial charge in [0.1, 0.15) is 11.5 Å². The fraction of sp³-hybridized carbons (Fsp3) is 0.250. The number of hydrogen-bond donors (Lipinski definition) is 2. The van der Waals surface area contributed by atoms with Crippen molar-refractivity contribution >= 4 is 28.5 Å². The Hall–Kier alpha value is -2.27. The van der Waals surface area contributed by atoms with Crippen molar-refractivity contribution in [3.63, 3.8) is 0 Å². The molecule has 0 fully saturated rings. The van der Waals surface area contributed by atoms with Crippen LogP contribution in [0, 0.1) is 6.92 Å². The van der Waals surface area contributed by atoms with Crippen molar-refractivity contribution < 1.29 is 4.79 Å². The molecule has 0 spiro atoms. The van der Waals surface area contributed by atoms with E-state index in [9.17, 15) is 4.79 Å². The number of fused-ring (bicyclic) bond motifs is 1. The number of imidazole rings is 1. The highest BCUT2D eigenvalue weighted by atomic mass is 35.5. The number of aromatic nitrogens is 3. The molecule has 0 bridgehead atoms.